The van der Waals surface area contributed by atoms with Crippen molar-refractivity contribution >= 4 is 17.4 Å². The van der Waals surface area contributed by atoms with Crippen molar-refractivity contribution in [3.63, 3.8) is 0 Å². The number of rotatable bonds is 3. The fourth-order valence-corrected chi connectivity index (χ4v) is 3.49. The topological polar surface area (TPSA) is 55.6 Å². The van der Waals surface area contributed by atoms with Crippen molar-refractivity contribution in [2.45, 2.75) is 32.0 Å². The Labute approximate surface area is 152 Å². The molecule has 1 N–H and O–H groups in total. The van der Waals surface area contributed by atoms with Crippen LogP contribution in [-0.4, -0.2) is 29.9 Å². The lowest BCUT2D eigenvalue weighted by Gasteiger charge is -2.09. The molecule has 2 heterocycles. The Balaban J connectivity index is 1.79. The largest absolute Gasteiger partial charge is 0.416 e. The van der Waals surface area contributed by atoms with Crippen LogP contribution in [0.4, 0.5) is 18.0 Å². The Morgan fingerprint density at radius 2 is 2.12 bits per heavy atom. The van der Waals surface area contributed by atoms with Gasteiger partial charge in [-0.15, -0.1) is 11.3 Å². The summed E-state index contributed by atoms with van der Waals surface area (Å²) < 4.78 is 45.2. The molecule has 26 heavy (non-hydrogen) atoms. The summed E-state index contributed by atoms with van der Waals surface area (Å²) in [4.78, 5) is 17.4. The normalized spacial score (nSPS) is 18.3. The maximum Gasteiger partial charge on any atom is 0.416 e. The first-order valence-electron chi connectivity index (χ1n) is 8.14. The van der Waals surface area contributed by atoms with E-state index in [4.69, 9.17) is 4.74 Å². The Morgan fingerprint density at radius 3 is 2.73 bits per heavy atom. The number of aryl methyl sites for hydroxylation is 1. The SMILES string of the molecule is Cc1cn(-c2ccc(C(F)(F)F)cc2)c(=NC(=O)NC[C@H]2CCCO2)s1. The van der Waals surface area contributed by atoms with Gasteiger partial charge >= 0.3 is 12.2 Å². The monoisotopic (exact) mass is 385 g/mol. The molecule has 0 radical (unpaired) electrons. The highest BCUT2D eigenvalue weighted by Gasteiger charge is 2.30. The molecule has 9 heteroatoms. The fraction of sp³-hybridized carbons (Fsp3) is 0.412. The zero-order chi connectivity index (χ0) is 18.7. The number of hydrogen-bond donors (Lipinski definition) is 1. The maximum atomic E-state index is 12.7. The van der Waals surface area contributed by atoms with Crippen LogP contribution >= 0.6 is 11.3 Å². The summed E-state index contributed by atoms with van der Waals surface area (Å²) in [5.41, 5.74) is -0.213. The quantitative estimate of drug-likeness (QED) is 0.877. The van der Waals surface area contributed by atoms with E-state index < -0.39 is 17.8 Å². The highest BCUT2D eigenvalue weighted by Crippen LogP contribution is 2.29. The number of nitrogens with zero attached hydrogens (tertiary/aromatic N) is 2. The smallest absolute Gasteiger partial charge is 0.376 e. The van der Waals surface area contributed by atoms with Crippen molar-refractivity contribution in [2.24, 2.45) is 4.99 Å². The number of carbonyl (C=O) groups excluding carboxylic acids is 1. The molecule has 140 valence electrons. The number of aromatic nitrogens is 1. The van der Waals surface area contributed by atoms with Crippen molar-refractivity contribution in [3.8, 4) is 5.69 Å². The number of thiazole rings is 1. The van der Waals surface area contributed by atoms with Crippen LogP contribution in [-0.2, 0) is 10.9 Å². The van der Waals surface area contributed by atoms with Crippen molar-refractivity contribution < 1.29 is 22.7 Å². The van der Waals surface area contributed by atoms with Crippen LogP contribution in [0.5, 0.6) is 0 Å². The molecule has 1 aliphatic heterocycles. The highest BCUT2D eigenvalue weighted by atomic mass is 32.1. The van der Waals surface area contributed by atoms with E-state index in [1.807, 2.05) is 6.92 Å². The Morgan fingerprint density at radius 1 is 1.38 bits per heavy atom. The molecule has 1 aromatic carbocycles. The van der Waals surface area contributed by atoms with Gasteiger partial charge in [0.1, 0.15) is 0 Å². The second kappa shape index (κ2) is 7.63. The van der Waals surface area contributed by atoms with Crippen molar-refractivity contribution in [1.82, 2.24) is 9.88 Å². The van der Waals surface area contributed by atoms with Crippen molar-refractivity contribution in [1.29, 1.82) is 0 Å². The van der Waals surface area contributed by atoms with Crippen molar-refractivity contribution in [2.75, 3.05) is 13.2 Å². The molecule has 1 aliphatic rings. The van der Waals surface area contributed by atoms with E-state index in [0.29, 0.717) is 23.6 Å². The van der Waals surface area contributed by atoms with Gasteiger partial charge < -0.3 is 10.1 Å². The molecule has 1 atom stereocenters. The van der Waals surface area contributed by atoms with Crippen LogP contribution in [0.1, 0.15) is 23.3 Å². The zero-order valence-corrected chi connectivity index (χ0v) is 14.9. The molecule has 1 fully saturated rings. The fourth-order valence-electron chi connectivity index (χ4n) is 2.66. The van der Waals surface area contributed by atoms with E-state index in [2.05, 4.69) is 10.3 Å². The lowest BCUT2D eigenvalue weighted by atomic mass is 10.2. The van der Waals surface area contributed by atoms with E-state index in [9.17, 15) is 18.0 Å². The van der Waals surface area contributed by atoms with Crippen molar-refractivity contribution in [3.05, 3.63) is 45.7 Å². The minimum Gasteiger partial charge on any atom is -0.376 e. The summed E-state index contributed by atoms with van der Waals surface area (Å²) >= 11 is 1.29. The lowest BCUT2D eigenvalue weighted by molar-refractivity contribution is -0.137. The third-order valence-electron chi connectivity index (χ3n) is 3.94. The van der Waals surface area contributed by atoms with E-state index in [0.717, 1.165) is 29.9 Å². The lowest BCUT2D eigenvalue weighted by Crippen LogP contribution is -2.31. The molecule has 0 saturated carbocycles. The van der Waals surface area contributed by atoms with Gasteiger partial charge in [0.2, 0.25) is 0 Å². The highest BCUT2D eigenvalue weighted by molar-refractivity contribution is 7.09. The van der Waals surface area contributed by atoms with Crippen LogP contribution in [0.15, 0.2) is 35.5 Å². The van der Waals surface area contributed by atoms with Gasteiger partial charge in [-0.25, -0.2) is 4.79 Å². The van der Waals surface area contributed by atoms with E-state index in [1.54, 1.807) is 10.8 Å². The van der Waals surface area contributed by atoms with Gasteiger partial charge in [0.25, 0.3) is 0 Å². The number of amides is 2. The number of nitrogens with one attached hydrogen (secondary N) is 1. The number of hydrogen-bond acceptors (Lipinski definition) is 3. The number of ether oxygens (including phenoxy) is 1. The molecule has 0 unspecified atom stereocenters. The molecule has 3 rings (SSSR count). The van der Waals surface area contributed by atoms with Gasteiger partial charge in [-0.2, -0.15) is 18.2 Å². The second-order valence-electron chi connectivity index (χ2n) is 5.97. The van der Waals surface area contributed by atoms with Gasteiger partial charge in [-0.3, -0.25) is 4.57 Å². The minimum absolute atomic E-state index is 0.0151. The predicted molar refractivity (Wildman–Crippen MR) is 91.3 cm³/mol. The first-order valence-corrected chi connectivity index (χ1v) is 8.95. The summed E-state index contributed by atoms with van der Waals surface area (Å²) in [6.45, 7) is 2.94. The summed E-state index contributed by atoms with van der Waals surface area (Å²) in [6.07, 6.45) is -0.747. The summed E-state index contributed by atoms with van der Waals surface area (Å²) in [7, 11) is 0. The average molecular weight is 385 g/mol. The summed E-state index contributed by atoms with van der Waals surface area (Å²) in [5, 5.41) is 2.70. The molecule has 0 bridgehead atoms. The molecule has 0 aliphatic carbocycles. The number of urea groups is 1. The number of benzene rings is 1. The van der Waals surface area contributed by atoms with Crippen LogP contribution in [0.2, 0.25) is 0 Å². The number of carbonyl (C=O) groups is 1. The third-order valence-corrected chi connectivity index (χ3v) is 4.84. The first kappa shape index (κ1) is 18.7. The maximum absolute atomic E-state index is 12.7. The first-order chi connectivity index (χ1) is 12.3. The standard InChI is InChI=1S/C17H18F3N3O2S/c1-11-10-23(13-6-4-12(5-7-13)17(18,19)20)16(26-11)22-15(24)21-9-14-3-2-8-25-14/h4-7,10,14H,2-3,8-9H2,1H3,(H,21,24)/t14-/m1/s1. The second-order valence-corrected chi connectivity index (χ2v) is 7.19. The van der Waals surface area contributed by atoms with E-state index >= 15 is 0 Å². The van der Waals surface area contributed by atoms with Gasteiger partial charge in [0, 0.05) is 29.9 Å². The average Bonchev–Trinajstić information content (AvgIpc) is 3.22. The van der Waals surface area contributed by atoms with Crippen LogP contribution in [0.3, 0.4) is 0 Å². The van der Waals surface area contributed by atoms with E-state index in [1.165, 1.54) is 23.5 Å². The van der Waals surface area contributed by atoms with Gasteiger partial charge in [-0.1, -0.05) is 0 Å². The molecule has 5 nitrogen and oxygen atoms in total. The molecular weight excluding hydrogens is 367 g/mol. The Hall–Kier alpha value is -2.13. The molecule has 2 amide bonds. The van der Waals surface area contributed by atoms with Crippen LogP contribution < -0.4 is 10.1 Å². The van der Waals surface area contributed by atoms with Gasteiger partial charge in [-0.05, 0) is 44.0 Å². The number of halogens is 3. The molecule has 1 aromatic heterocycles. The van der Waals surface area contributed by atoms with Crippen LogP contribution in [0, 0.1) is 6.92 Å². The Bertz CT molecular complexity index is 834. The minimum atomic E-state index is -4.39. The third kappa shape index (κ3) is 4.53. The number of alkyl halides is 3. The molecular formula is C17H18F3N3O2S. The molecule has 2 aromatic rings. The Kier molecular flexibility index (Phi) is 5.47. The van der Waals surface area contributed by atoms with Gasteiger partial charge in [0.15, 0.2) is 4.80 Å². The summed E-state index contributed by atoms with van der Waals surface area (Å²) in [6, 6.07) is 4.24. The zero-order valence-electron chi connectivity index (χ0n) is 14.0. The van der Waals surface area contributed by atoms with E-state index in [-0.39, 0.29) is 6.10 Å². The molecule has 1 saturated heterocycles. The summed E-state index contributed by atoms with van der Waals surface area (Å²) in [5.74, 6) is 0. The van der Waals surface area contributed by atoms with Crippen LogP contribution in [0.25, 0.3) is 5.69 Å². The predicted octanol–water partition coefficient (Wildman–Crippen LogP) is 3.66. The van der Waals surface area contributed by atoms with Gasteiger partial charge in [0.05, 0.1) is 11.7 Å². The molecule has 0 spiro atoms.